The first-order valence-corrected chi connectivity index (χ1v) is 7.73. The molecule has 0 aliphatic heterocycles. The number of nitrogens with one attached hydrogen (secondary N) is 2. The third-order valence-corrected chi connectivity index (χ3v) is 4.38. The van der Waals surface area contributed by atoms with Gasteiger partial charge in [0.15, 0.2) is 0 Å². The van der Waals surface area contributed by atoms with E-state index in [1.807, 2.05) is 0 Å². The van der Waals surface area contributed by atoms with Crippen molar-refractivity contribution in [1.29, 1.82) is 0 Å². The summed E-state index contributed by atoms with van der Waals surface area (Å²) >= 11 is 0. The van der Waals surface area contributed by atoms with Crippen LogP contribution in [-0.4, -0.2) is 32.1 Å². The predicted molar refractivity (Wildman–Crippen MR) is 77.3 cm³/mol. The standard InChI is InChI=1S/C13H17N3O4S/c1-13(17,11-4-3-7-20-11)9-16-12-6-5-10(8-15-12)21(18,19)14-2/h3-8,14,17H,9H2,1-2H3,(H,15,16). The summed E-state index contributed by atoms with van der Waals surface area (Å²) in [5.74, 6) is 0.890. The molecular formula is C13H17N3O4S. The molecule has 0 aliphatic rings. The van der Waals surface area contributed by atoms with E-state index in [1.165, 1.54) is 31.6 Å². The van der Waals surface area contributed by atoms with Gasteiger partial charge in [-0.3, -0.25) is 0 Å². The zero-order valence-electron chi connectivity index (χ0n) is 11.7. The smallest absolute Gasteiger partial charge is 0.241 e. The normalized spacial score (nSPS) is 14.6. The van der Waals surface area contributed by atoms with E-state index in [4.69, 9.17) is 4.42 Å². The Morgan fingerprint density at radius 2 is 2.14 bits per heavy atom. The fourth-order valence-corrected chi connectivity index (χ4v) is 2.37. The first kappa shape index (κ1) is 15.5. The molecule has 1 atom stereocenters. The van der Waals surface area contributed by atoms with Crippen LogP contribution in [0.2, 0.25) is 0 Å². The topological polar surface area (TPSA) is 104 Å². The van der Waals surface area contributed by atoms with Gasteiger partial charge in [0.25, 0.3) is 0 Å². The number of hydrogen-bond acceptors (Lipinski definition) is 6. The average molecular weight is 311 g/mol. The highest BCUT2D eigenvalue weighted by molar-refractivity contribution is 7.89. The molecule has 0 bridgehead atoms. The van der Waals surface area contributed by atoms with Crippen molar-refractivity contribution in [2.45, 2.75) is 17.4 Å². The number of anilines is 1. The summed E-state index contributed by atoms with van der Waals surface area (Å²) in [7, 11) is -2.16. The van der Waals surface area contributed by atoms with Crippen LogP contribution >= 0.6 is 0 Å². The van der Waals surface area contributed by atoms with Gasteiger partial charge in [-0.1, -0.05) is 0 Å². The van der Waals surface area contributed by atoms with Gasteiger partial charge >= 0.3 is 0 Å². The Morgan fingerprint density at radius 3 is 2.67 bits per heavy atom. The lowest BCUT2D eigenvalue weighted by atomic mass is 10.0. The number of furan rings is 1. The van der Waals surface area contributed by atoms with Gasteiger partial charge in [0.2, 0.25) is 10.0 Å². The fourth-order valence-electron chi connectivity index (χ4n) is 1.70. The first-order valence-electron chi connectivity index (χ1n) is 6.25. The van der Waals surface area contributed by atoms with Crippen LogP contribution < -0.4 is 10.0 Å². The number of hydrogen-bond donors (Lipinski definition) is 3. The molecule has 0 saturated heterocycles. The summed E-state index contributed by atoms with van der Waals surface area (Å²) in [6, 6.07) is 6.34. The van der Waals surface area contributed by atoms with Crippen molar-refractivity contribution in [1.82, 2.24) is 9.71 Å². The highest BCUT2D eigenvalue weighted by Gasteiger charge is 2.26. The maximum Gasteiger partial charge on any atom is 0.241 e. The lowest BCUT2D eigenvalue weighted by molar-refractivity contribution is 0.0476. The Bertz CT molecular complexity index is 679. The molecule has 2 aromatic heterocycles. The molecular weight excluding hydrogens is 294 g/mol. The number of nitrogens with zero attached hydrogens (tertiary/aromatic N) is 1. The van der Waals surface area contributed by atoms with E-state index in [0.29, 0.717) is 11.6 Å². The van der Waals surface area contributed by atoms with Crippen molar-refractivity contribution in [2.24, 2.45) is 0 Å². The van der Waals surface area contributed by atoms with Crippen molar-refractivity contribution < 1.29 is 17.9 Å². The van der Waals surface area contributed by atoms with Crippen molar-refractivity contribution in [3.8, 4) is 0 Å². The zero-order chi connectivity index (χ0) is 15.5. The molecule has 0 saturated carbocycles. The van der Waals surface area contributed by atoms with Gasteiger partial charge in [-0.05, 0) is 38.2 Å². The number of rotatable bonds is 6. The van der Waals surface area contributed by atoms with Crippen LogP contribution in [-0.2, 0) is 15.6 Å². The van der Waals surface area contributed by atoms with Gasteiger partial charge in [0.05, 0.1) is 12.8 Å². The molecule has 0 amide bonds. The lowest BCUT2D eigenvalue weighted by Gasteiger charge is -2.21. The SMILES string of the molecule is CNS(=O)(=O)c1ccc(NCC(C)(O)c2ccco2)nc1. The van der Waals surface area contributed by atoms with Crippen LogP contribution in [0, 0.1) is 0 Å². The van der Waals surface area contributed by atoms with Crippen molar-refractivity contribution in [3.05, 3.63) is 42.5 Å². The molecule has 2 aromatic rings. The highest BCUT2D eigenvalue weighted by Crippen LogP contribution is 2.21. The lowest BCUT2D eigenvalue weighted by Crippen LogP contribution is -2.30. The molecule has 0 radical (unpaired) electrons. The molecule has 114 valence electrons. The van der Waals surface area contributed by atoms with Gasteiger partial charge in [0.1, 0.15) is 22.1 Å². The maximum absolute atomic E-state index is 11.6. The molecule has 0 fully saturated rings. The second-order valence-corrected chi connectivity index (χ2v) is 6.58. The van der Waals surface area contributed by atoms with Crippen LogP contribution in [0.15, 0.2) is 46.0 Å². The predicted octanol–water partition coefficient (Wildman–Crippen LogP) is 0.902. The third kappa shape index (κ3) is 3.60. The molecule has 0 spiro atoms. The van der Waals surface area contributed by atoms with Gasteiger partial charge in [0, 0.05) is 6.20 Å². The molecule has 2 rings (SSSR count). The Kier molecular flexibility index (Phi) is 4.31. The molecule has 1 unspecified atom stereocenters. The minimum atomic E-state index is -3.50. The number of aliphatic hydroxyl groups is 1. The number of sulfonamides is 1. The number of pyridine rings is 1. The minimum Gasteiger partial charge on any atom is -0.466 e. The Morgan fingerprint density at radius 1 is 1.38 bits per heavy atom. The number of aromatic nitrogens is 1. The summed E-state index contributed by atoms with van der Waals surface area (Å²) in [4.78, 5) is 4.08. The molecule has 21 heavy (non-hydrogen) atoms. The molecule has 7 nitrogen and oxygen atoms in total. The molecule has 0 aromatic carbocycles. The van der Waals surface area contributed by atoms with E-state index in [2.05, 4.69) is 15.0 Å². The van der Waals surface area contributed by atoms with E-state index >= 15 is 0 Å². The minimum absolute atomic E-state index is 0.0772. The third-order valence-electron chi connectivity index (χ3n) is 2.98. The summed E-state index contributed by atoms with van der Waals surface area (Å²) in [6.45, 7) is 1.78. The van der Waals surface area contributed by atoms with Crippen LogP contribution in [0.25, 0.3) is 0 Å². The van der Waals surface area contributed by atoms with Crippen molar-refractivity contribution in [3.63, 3.8) is 0 Å². The van der Waals surface area contributed by atoms with E-state index in [1.54, 1.807) is 19.1 Å². The first-order chi connectivity index (χ1) is 9.85. The maximum atomic E-state index is 11.6. The Labute approximate surface area is 123 Å². The average Bonchev–Trinajstić information content (AvgIpc) is 3.01. The second-order valence-electron chi connectivity index (χ2n) is 4.69. The Hall–Kier alpha value is -1.90. The van der Waals surface area contributed by atoms with Gasteiger partial charge in [-0.25, -0.2) is 18.1 Å². The second kappa shape index (κ2) is 5.84. The van der Waals surface area contributed by atoms with E-state index in [-0.39, 0.29) is 11.4 Å². The van der Waals surface area contributed by atoms with Crippen LogP contribution in [0.5, 0.6) is 0 Å². The molecule has 8 heteroatoms. The van der Waals surface area contributed by atoms with Crippen molar-refractivity contribution in [2.75, 3.05) is 18.9 Å². The summed E-state index contributed by atoms with van der Waals surface area (Å²) in [6.07, 6.45) is 2.73. The van der Waals surface area contributed by atoms with Crippen LogP contribution in [0.3, 0.4) is 0 Å². The highest BCUT2D eigenvalue weighted by atomic mass is 32.2. The van der Waals surface area contributed by atoms with Gasteiger partial charge < -0.3 is 14.8 Å². The molecule has 3 N–H and O–H groups in total. The van der Waals surface area contributed by atoms with E-state index in [0.717, 1.165) is 0 Å². The monoisotopic (exact) mass is 311 g/mol. The van der Waals surface area contributed by atoms with E-state index < -0.39 is 15.6 Å². The Balaban J connectivity index is 2.05. The van der Waals surface area contributed by atoms with Gasteiger partial charge in [-0.15, -0.1) is 0 Å². The molecule has 2 heterocycles. The quantitative estimate of drug-likeness (QED) is 0.732. The summed E-state index contributed by atoms with van der Waals surface area (Å²) < 4.78 is 30.5. The summed E-state index contributed by atoms with van der Waals surface area (Å²) in [5, 5.41) is 13.2. The molecule has 0 aliphatic carbocycles. The zero-order valence-corrected chi connectivity index (χ0v) is 12.5. The van der Waals surface area contributed by atoms with Crippen LogP contribution in [0.1, 0.15) is 12.7 Å². The van der Waals surface area contributed by atoms with Crippen molar-refractivity contribution >= 4 is 15.8 Å². The van der Waals surface area contributed by atoms with Gasteiger partial charge in [-0.2, -0.15) is 0 Å². The van der Waals surface area contributed by atoms with E-state index in [9.17, 15) is 13.5 Å². The summed E-state index contributed by atoms with van der Waals surface area (Å²) in [5.41, 5.74) is -1.19. The fraction of sp³-hybridized carbons (Fsp3) is 0.308. The van der Waals surface area contributed by atoms with Crippen LogP contribution in [0.4, 0.5) is 5.82 Å². The largest absolute Gasteiger partial charge is 0.466 e.